The van der Waals surface area contributed by atoms with Crippen molar-refractivity contribution in [2.45, 2.75) is 33.1 Å². The molecule has 11 heavy (non-hydrogen) atoms. The Morgan fingerprint density at radius 2 is 2.09 bits per heavy atom. The van der Waals surface area contributed by atoms with Crippen LogP contribution in [0.3, 0.4) is 0 Å². The van der Waals surface area contributed by atoms with Crippen LogP contribution in [0.5, 0.6) is 0 Å². The van der Waals surface area contributed by atoms with Gasteiger partial charge in [-0.05, 0) is 25.7 Å². The lowest BCUT2D eigenvalue weighted by Gasteiger charge is -2.09. The molecule has 0 heterocycles. The summed E-state index contributed by atoms with van der Waals surface area (Å²) in [6, 6.07) is 0. The highest BCUT2D eigenvalue weighted by Gasteiger charge is 2.02. The molecule has 68 valence electrons. The molecule has 0 rings (SSSR count). The molecule has 0 aliphatic heterocycles. The molecule has 2 heteroatoms. The molecule has 0 aromatic carbocycles. The van der Waals surface area contributed by atoms with Crippen LogP contribution in [0.15, 0.2) is 0 Å². The van der Waals surface area contributed by atoms with Gasteiger partial charge in [0, 0.05) is 19.1 Å². The summed E-state index contributed by atoms with van der Waals surface area (Å²) in [6.07, 6.45) is 3.55. The maximum absolute atomic E-state index is 5.74. The fraction of sp³-hybridized carbons (Fsp3) is 1.00. The lowest BCUT2D eigenvalue weighted by Crippen LogP contribution is -2.03. The summed E-state index contributed by atoms with van der Waals surface area (Å²) in [5.41, 5.74) is 0. The van der Waals surface area contributed by atoms with Crippen LogP contribution in [0.4, 0.5) is 0 Å². The van der Waals surface area contributed by atoms with Crippen LogP contribution < -0.4 is 0 Å². The summed E-state index contributed by atoms with van der Waals surface area (Å²) in [5.74, 6) is 1.49. The van der Waals surface area contributed by atoms with Gasteiger partial charge in [-0.15, -0.1) is 11.6 Å². The van der Waals surface area contributed by atoms with Gasteiger partial charge in [-0.1, -0.05) is 13.3 Å². The predicted molar refractivity (Wildman–Crippen MR) is 50.2 cm³/mol. The van der Waals surface area contributed by atoms with E-state index in [2.05, 4.69) is 6.92 Å². The minimum atomic E-state index is 0.692. The Morgan fingerprint density at radius 1 is 1.36 bits per heavy atom. The van der Waals surface area contributed by atoms with Gasteiger partial charge in [-0.2, -0.15) is 0 Å². The van der Waals surface area contributed by atoms with Gasteiger partial charge in [0.15, 0.2) is 0 Å². The Balaban J connectivity index is 3.07. The molecule has 0 N–H and O–H groups in total. The molecule has 0 radical (unpaired) electrons. The maximum atomic E-state index is 5.74. The van der Waals surface area contributed by atoms with Crippen molar-refractivity contribution in [2.24, 2.45) is 5.92 Å². The van der Waals surface area contributed by atoms with Crippen LogP contribution >= 0.6 is 11.6 Å². The van der Waals surface area contributed by atoms with E-state index in [1.165, 1.54) is 12.8 Å². The summed E-state index contributed by atoms with van der Waals surface area (Å²) in [5, 5.41) is 0. The van der Waals surface area contributed by atoms with E-state index in [1.807, 2.05) is 6.92 Å². The van der Waals surface area contributed by atoms with Gasteiger partial charge in [0.1, 0.15) is 0 Å². The van der Waals surface area contributed by atoms with Gasteiger partial charge in [0.05, 0.1) is 0 Å². The third-order valence-electron chi connectivity index (χ3n) is 1.90. The Morgan fingerprint density at radius 3 is 2.55 bits per heavy atom. The normalized spacial score (nSPS) is 13.4. The first kappa shape index (κ1) is 11.2. The Hall–Kier alpha value is 0.250. The molecule has 1 atom stereocenters. The minimum absolute atomic E-state index is 0.692. The second kappa shape index (κ2) is 8.35. The lowest BCUT2D eigenvalue weighted by molar-refractivity contribution is 0.140. The van der Waals surface area contributed by atoms with Crippen molar-refractivity contribution in [1.82, 2.24) is 0 Å². The number of alkyl halides is 1. The summed E-state index contributed by atoms with van der Waals surface area (Å²) < 4.78 is 5.23. The fourth-order valence-corrected chi connectivity index (χ4v) is 1.38. The largest absolute Gasteiger partial charge is 0.382 e. The molecule has 0 spiro atoms. The van der Waals surface area contributed by atoms with Gasteiger partial charge >= 0.3 is 0 Å². The molecule has 0 bridgehead atoms. The quantitative estimate of drug-likeness (QED) is 0.430. The highest BCUT2D eigenvalue weighted by molar-refractivity contribution is 6.18. The SMILES string of the molecule is CCOCCCC(CC)CCl. The average Bonchev–Trinajstić information content (AvgIpc) is 2.05. The Kier molecular flexibility index (Phi) is 8.54. The second-order valence-corrected chi connectivity index (χ2v) is 3.08. The maximum Gasteiger partial charge on any atom is 0.0466 e. The average molecular weight is 179 g/mol. The standard InChI is InChI=1S/C9H19ClO/c1-3-9(8-10)6-5-7-11-4-2/h9H,3-8H2,1-2H3. The predicted octanol–water partition coefficient (Wildman–Crippen LogP) is 3.07. The molecule has 0 saturated heterocycles. The van der Waals surface area contributed by atoms with E-state index in [4.69, 9.17) is 16.3 Å². The van der Waals surface area contributed by atoms with E-state index in [-0.39, 0.29) is 0 Å². The van der Waals surface area contributed by atoms with Crippen LogP contribution in [0.25, 0.3) is 0 Å². The van der Waals surface area contributed by atoms with Crippen molar-refractivity contribution in [3.8, 4) is 0 Å². The van der Waals surface area contributed by atoms with Crippen molar-refractivity contribution in [3.63, 3.8) is 0 Å². The first-order valence-corrected chi connectivity index (χ1v) is 5.02. The smallest absolute Gasteiger partial charge is 0.0466 e. The highest BCUT2D eigenvalue weighted by atomic mass is 35.5. The summed E-state index contributed by atoms with van der Waals surface area (Å²) in [4.78, 5) is 0. The number of ether oxygens (including phenoxy) is 1. The lowest BCUT2D eigenvalue weighted by atomic mass is 10.0. The van der Waals surface area contributed by atoms with E-state index in [9.17, 15) is 0 Å². The van der Waals surface area contributed by atoms with Gasteiger partial charge in [0.25, 0.3) is 0 Å². The van der Waals surface area contributed by atoms with Gasteiger partial charge < -0.3 is 4.74 Å². The molecule has 0 fully saturated rings. The second-order valence-electron chi connectivity index (χ2n) is 2.77. The highest BCUT2D eigenvalue weighted by Crippen LogP contribution is 2.12. The molecule has 1 nitrogen and oxygen atoms in total. The topological polar surface area (TPSA) is 9.23 Å². The van der Waals surface area contributed by atoms with E-state index in [0.717, 1.165) is 25.5 Å². The number of hydrogen-bond donors (Lipinski definition) is 0. The van der Waals surface area contributed by atoms with Crippen LogP contribution in [0.2, 0.25) is 0 Å². The molecular weight excluding hydrogens is 160 g/mol. The van der Waals surface area contributed by atoms with Crippen LogP contribution in [0.1, 0.15) is 33.1 Å². The Labute approximate surface area is 75.1 Å². The molecule has 1 unspecified atom stereocenters. The summed E-state index contributed by atoms with van der Waals surface area (Å²) >= 11 is 5.74. The number of rotatable bonds is 7. The third-order valence-corrected chi connectivity index (χ3v) is 2.34. The third kappa shape index (κ3) is 6.64. The van der Waals surface area contributed by atoms with Crippen molar-refractivity contribution >= 4 is 11.6 Å². The van der Waals surface area contributed by atoms with Crippen molar-refractivity contribution in [2.75, 3.05) is 19.1 Å². The first-order valence-electron chi connectivity index (χ1n) is 4.48. The van der Waals surface area contributed by atoms with Crippen molar-refractivity contribution in [1.29, 1.82) is 0 Å². The molecule has 0 aromatic heterocycles. The molecule has 0 amide bonds. The summed E-state index contributed by atoms with van der Waals surface area (Å²) in [6.45, 7) is 5.94. The molecule has 0 aliphatic carbocycles. The van der Waals surface area contributed by atoms with Crippen LogP contribution in [-0.4, -0.2) is 19.1 Å². The summed E-state index contributed by atoms with van der Waals surface area (Å²) in [7, 11) is 0. The number of halogens is 1. The zero-order chi connectivity index (χ0) is 8.53. The van der Waals surface area contributed by atoms with Crippen molar-refractivity contribution < 1.29 is 4.74 Å². The fourth-order valence-electron chi connectivity index (χ4n) is 1.01. The van der Waals surface area contributed by atoms with E-state index < -0.39 is 0 Å². The van der Waals surface area contributed by atoms with E-state index in [0.29, 0.717) is 5.92 Å². The van der Waals surface area contributed by atoms with E-state index in [1.54, 1.807) is 0 Å². The molecular formula is C9H19ClO. The molecule has 0 aromatic rings. The van der Waals surface area contributed by atoms with Crippen molar-refractivity contribution in [3.05, 3.63) is 0 Å². The van der Waals surface area contributed by atoms with Crippen LogP contribution in [0, 0.1) is 5.92 Å². The van der Waals surface area contributed by atoms with E-state index >= 15 is 0 Å². The van der Waals surface area contributed by atoms with Gasteiger partial charge in [-0.3, -0.25) is 0 Å². The van der Waals surface area contributed by atoms with Gasteiger partial charge in [-0.25, -0.2) is 0 Å². The zero-order valence-corrected chi connectivity index (χ0v) is 8.36. The number of hydrogen-bond acceptors (Lipinski definition) is 1. The minimum Gasteiger partial charge on any atom is -0.382 e. The molecule has 0 saturated carbocycles. The van der Waals surface area contributed by atoms with Crippen LogP contribution in [-0.2, 0) is 4.74 Å². The monoisotopic (exact) mass is 178 g/mol. The zero-order valence-electron chi connectivity index (χ0n) is 7.61. The van der Waals surface area contributed by atoms with Gasteiger partial charge in [0.2, 0.25) is 0 Å². The Bertz CT molecular complexity index is 72.0. The first-order chi connectivity index (χ1) is 5.35. The molecule has 0 aliphatic rings.